The van der Waals surface area contributed by atoms with E-state index in [-0.39, 0.29) is 17.2 Å². The molecule has 1 N–H and O–H groups in total. The first-order valence-corrected chi connectivity index (χ1v) is 14.6. The standard InChI is InChI=1S/C29H26N4O4S3/c1-36-21-12-8-11-20(17-21)30-24(34)18-39-28-31-26-25(27(35)33(28)22-13-6-7-14-23(22)37-2)40-29(38)32(26)16-15-19-9-4-3-5-10-19/h3-14,17H,15-16,18H2,1-2H3,(H,30,34). The number of fused-ring (bicyclic) bond motifs is 1. The highest BCUT2D eigenvalue weighted by molar-refractivity contribution is 7.99. The number of thiazole rings is 1. The zero-order valence-electron chi connectivity index (χ0n) is 21.8. The van der Waals surface area contributed by atoms with E-state index in [1.807, 2.05) is 34.9 Å². The second-order valence-electron chi connectivity index (χ2n) is 8.68. The summed E-state index contributed by atoms with van der Waals surface area (Å²) < 4.78 is 15.2. The van der Waals surface area contributed by atoms with Crippen molar-refractivity contribution < 1.29 is 14.3 Å². The highest BCUT2D eigenvalue weighted by atomic mass is 32.2. The smallest absolute Gasteiger partial charge is 0.278 e. The van der Waals surface area contributed by atoms with Gasteiger partial charge in [-0.15, -0.1) is 0 Å². The van der Waals surface area contributed by atoms with Crippen molar-refractivity contribution in [1.82, 2.24) is 14.1 Å². The summed E-state index contributed by atoms with van der Waals surface area (Å²) in [6, 6.07) is 24.4. The first kappa shape index (κ1) is 27.6. The Bertz CT molecular complexity index is 1780. The van der Waals surface area contributed by atoms with Crippen molar-refractivity contribution in [3.8, 4) is 17.2 Å². The summed E-state index contributed by atoms with van der Waals surface area (Å²) in [6.07, 6.45) is 0.740. The summed E-state index contributed by atoms with van der Waals surface area (Å²) in [5, 5.41) is 3.24. The molecule has 8 nitrogen and oxygen atoms in total. The van der Waals surface area contributed by atoms with Gasteiger partial charge in [-0.3, -0.25) is 14.2 Å². The van der Waals surface area contributed by atoms with Gasteiger partial charge in [-0.05, 0) is 48.5 Å². The van der Waals surface area contributed by atoms with Crippen LogP contribution in [0.4, 0.5) is 5.69 Å². The van der Waals surface area contributed by atoms with Gasteiger partial charge >= 0.3 is 0 Å². The van der Waals surface area contributed by atoms with Crippen LogP contribution in [0.1, 0.15) is 5.56 Å². The van der Waals surface area contributed by atoms with Gasteiger partial charge in [0.2, 0.25) is 5.91 Å². The van der Waals surface area contributed by atoms with Gasteiger partial charge in [0.15, 0.2) is 14.8 Å². The van der Waals surface area contributed by atoms with Crippen LogP contribution >= 0.6 is 35.3 Å². The number of methoxy groups -OCH3 is 2. The summed E-state index contributed by atoms with van der Waals surface area (Å²) in [5.74, 6) is 0.935. The minimum atomic E-state index is -0.264. The second-order valence-corrected chi connectivity index (χ2v) is 11.3. The molecule has 3 aromatic carbocycles. The third kappa shape index (κ3) is 5.96. The SMILES string of the molecule is COc1cccc(NC(=O)CSc2nc3c(sc(=S)n3CCc3ccccc3)c(=O)n2-c2ccccc2OC)c1. The number of benzene rings is 3. The molecule has 0 aliphatic heterocycles. The fourth-order valence-corrected chi connectivity index (χ4v) is 6.32. The molecule has 1 amide bonds. The number of nitrogens with zero attached hydrogens (tertiary/aromatic N) is 3. The van der Waals surface area contributed by atoms with Crippen LogP contribution in [-0.4, -0.2) is 40.0 Å². The first-order valence-electron chi connectivity index (χ1n) is 12.4. The summed E-state index contributed by atoms with van der Waals surface area (Å²) >= 11 is 8.08. The number of nitrogens with one attached hydrogen (secondary N) is 1. The van der Waals surface area contributed by atoms with Crippen molar-refractivity contribution in [2.24, 2.45) is 0 Å². The predicted molar refractivity (Wildman–Crippen MR) is 163 cm³/mol. The molecule has 0 saturated heterocycles. The number of thioether (sulfide) groups is 1. The number of ether oxygens (including phenoxy) is 2. The largest absolute Gasteiger partial charge is 0.497 e. The molecule has 0 saturated carbocycles. The number of hydrogen-bond donors (Lipinski definition) is 1. The minimum Gasteiger partial charge on any atom is -0.497 e. The lowest BCUT2D eigenvalue weighted by Crippen LogP contribution is -2.23. The van der Waals surface area contributed by atoms with Gasteiger partial charge in [-0.25, -0.2) is 4.98 Å². The molecule has 204 valence electrons. The number of amides is 1. The van der Waals surface area contributed by atoms with Crippen LogP contribution in [0.15, 0.2) is 88.8 Å². The molecule has 0 spiro atoms. The van der Waals surface area contributed by atoms with E-state index in [2.05, 4.69) is 17.4 Å². The number of carbonyl (C=O) groups is 1. The van der Waals surface area contributed by atoms with Crippen LogP contribution in [0, 0.1) is 3.95 Å². The highest BCUT2D eigenvalue weighted by Crippen LogP contribution is 2.29. The third-order valence-corrected chi connectivity index (χ3v) is 8.50. The number of para-hydroxylation sites is 2. The van der Waals surface area contributed by atoms with Crippen molar-refractivity contribution in [3.63, 3.8) is 0 Å². The average Bonchev–Trinajstić information content (AvgIpc) is 3.30. The summed E-state index contributed by atoms with van der Waals surface area (Å²) in [7, 11) is 3.12. The lowest BCUT2D eigenvalue weighted by atomic mass is 10.1. The van der Waals surface area contributed by atoms with Gasteiger partial charge in [0.1, 0.15) is 16.2 Å². The third-order valence-electron chi connectivity index (χ3n) is 6.14. The van der Waals surface area contributed by atoms with Gasteiger partial charge in [-0.2, -0.15) is 0 Å². The molecule has 40 heavy (non-hydrogen) atoms. The number of anilines is 1. The summed E-state index contributed by atoms with van der Waals surface area (Å²) in [4.78, 5) is 31.8. The number of aryl methyl sites for hydroxylation is 2. The van der Waals surface area contributed by atoms with E-state index in [1.54, 1.807) is 50.6 Å². The molecule has 11 heteroatoms. The van der Waals surface area contributed by atoms with E-state index in [1.165, 1.54) is 27.7 Å². The van der Waals surface area contributed by atoms with Crippen molar-refractivity contribution in [2.75, 3.05) is 25.3 Å². The Balaban J connectivity index is 1.53. The van der Waals surface area contributed by atoms with Crippen molar-refractivity contribution in [3.05, 3.63) is 98.7 Å². The second kappa shape index (κ2) is 12.5. The highest BCUT2D eigenvalue weighted by Gasteiger charge is 2.21. The van der Waals surface area contributed by atoms with E-state index >= 15 is 0 Å². The van der Waals surface area contributed by atoms with E-state index < -0.39 is 0 Å². The number of rotatable bonds is 10. The molecule has 0 fully saturated rings. The first-order chi connectivity index (χ1) is 19.5. The predicted octanol–water partition coefficient (Wildman–Crippen LogP) is 5.97. The van der Waals surface area contributed by atoms with E-state index in [0.29, 0.717) is 48.9 Å². The van der Waals surface area contributed by atoms with Gasteiger partial charge in [-0.1, -0.05) is 71.6 Å². The van der Waals surface area contributed by atoms with Crippen LogP contribution in [0.25, 0.3) is 16.0 Å². The van der Waals surface area contributed by atoms with Crippen molar-refractivity contribution in [2.45, 2.75) is 18.1 Å². The maximum absolute atomic E-state index is 14.0. The van der Waals surface area contributed by atoms with E-state index in [9.17, 15) is 9.59 Å². The van der Waals surface area contributed by atoms with Crippen LogP contribution in [0.3, 0.4) is 0 Å². The quantitative estimate of drug-likeness (QED) is 0.122. The number of hydrogen-bond acceptors (Lipinski definition) is 8. The van der Waals surface area contributed by atoms with Gasteiger partial charge in [0.25, 0.3) is 5.56 Å². The van der Waals surface area contributed by atoms with Crippen molar-refractivity contribution in [1.29, 1.82) is 0 Å². The van der Waals surface area contributed by atoms with Gasteiger partial charge < -0.3 is 19.4 Å². The van der Waals surface area contributed by atoms with Crippen LogP contribution in [-0.2, 0) is 17.8 Å². The summed E-state index contributed by atoms with van der Waals surface area (Å²) in [6.45, 7) is 0.578. The Hall–Kier alpha value is -3.93. The van der Waals surface area contributed by atoms with Crippen LogP contribution in [0.5, 0.6) is 11.5 Å². The average molecular weight is 591 g/mol. The molecule has 5 aromatic rings. The molecule has 0 bridgehead atoms. The molecule has 0 atom stereocenters. The van der Waals surface area contributed by atoms with E-state index in [4.69, 9.17) is 26.7 Å². The Morgan fingerprint density at radius 1 is 1.02 bits per heavy atom. The minimum absolute atomic E-state index is 0.0270. The molecule has 5 rings (SSSR count). The summed E-state index contributed by atoms with van der Waals surface area (Å²) in [5.41, 5.74) is 2.56. The molecule has 0 aliphatic carbocycles. The fourth-order valence-electron chi connectivity index (χ4n) is 4.21. The zero-order chi connectivity index (χ0) is 28.1. The van der Waals surface area contributed by atoms with Crippen LogP contribution in [0.2, 0.25) is 0 Å². The Morgan fingerprint density at radius 3 is 2.58 bits per heavy atom. The molecule has 2 heterocycles. The molecular weight excluding hydrogens is 565 g/mol. The maximum atomic E-state index is 14.0. The Labute approximate surface area is 244 Å². The van der Waals surface area contributed by atoms with Gasteiger partial charge in [0.05, 0.1) is 25.7 Å². The van der Waals surface area contributed by atoms with Gasteiger partial charge in [0, 0.05) is 18.3 Å². The topological polar surface area (TPSA) is 87.4 Å². The lowest BCUT2D eigenvalue weighted by Gasteiger charge is -2.15. The van der Waals surface area contributed by atoms with E-state index in [0.717, 1.165) is 12.0 Å². The normalized spacial score (nSPS) is 10.9. The van der Waals surface area contributed by atoms with Crippen LogP contribution < -0.4 is 20.3 Å². The number of aromatic nitrogens is 3. The zero-order valence-corrected chi connectivity index (χ0v) is 24.3. The van der Waals surface area contributed by atoms with Crippen molar-refractivity contribution >= 4 is 57.3 Å². The molecular formula is C29H26N4O4S3. The Morgan fingerprint density at radius 2 is 1.80 bits per heavy atom. The Kier molecular flexibility index (Phi) is 8.63. The molecule has 0 unspecified atom stereocenters. The maximum Gasteiger partial charge on any atom is 0.278 e. The monoisotopic (exact) mass is 590 g/mol. The lowest BCUT2D eigenvalue weighted by molar-refractivity contribution is -0.113. The molecule has 0 radical (unpaired) electrons. The number of carbonyl (C=O) groups excluding carboxylic acids is 1. The molecule has 2 aromatic heterocycles. The molecule has 0 aliphatic rings. The fraction of sp³-hybridized carbons (Fsp3) is 0.172.